The maximum Gasteiger partial charge on any atom is 0.0734 e. The second kappa shape index (κ2) is 11.5. The van der Waals surface area contributed by atoms with Crippen LogP contribution in [0.15, 0.2) is 188 Å². The Hall–Kier alpha value is -6.96. The summed E-state index contributed by atoms with van der Waals surface area (Å²) < 4.78 is 0. The van der Waals surface area contributed by atoms with Gasteiger partial charge in [0.25, 0.3) is 0 Å². The van der Waals surface area contributed by atoms with Crippen LogP contribution in [-0.4, -0.2) is 0 Å². The number of anilines is 2. The molecule has 0 N–H and O–H groups in total. The first-order valence-electron chi connectivity index (χ1n) is 20.3. The van der Waals surface area contributed by atoms with E-state index in [-0.39, 0.29) is 0 Å². The Balaban J connectivity index is 1.06. The van der Waals surface area contributed by atoms with E-state index >= 15 is 0 Å². The Morgan fingerprint density at radius 2 is 0.912 bits per heavy atom. The van der Waals surface area contributed by atoms with Crippen LogP contribution in [0.3, 0.4) is 0 Å². The molecule has 1 heteroatoms. The van der Waals surface area contributed by atoms with Gasteiger partial charge in [0.1, 0.15) is 0 Å². The molecular formula is C56H37N. The van der Waals surface area contributed by atoms with Gasteiger partial charge in [0.15, 0.2) is 0 Å². The molecule has 0 aromatic heterocycles. The van der Waals surface area contributed by atoms with Crippen LogP contribution < -0.4 is 4.90 Å². The van der Waals surface area contributed by atoms with E-state index in [1.54, 1.807) is 0 Å². The van der Waals surface area contributed by atoms with Gasteiger partial charge >= 0.3 is 0 Å². The van der Waals surface area contributed by atoms with E-state index in [4.69, 9.17) is 0 Å². The fraction of sp³-hybridized carbons (Fsp3) is 0.0714. The molecule has 266 valence electrons. The molecule has 1 spiro atoms. The number of rotatable bonds is 4. The minimum atomic E-state index is -0.461. The minimum Gasteiger partial charge on any atom is -0.337 e. The lowest BCUT2D eigenvalue weighted by molar-refractivity contribution is 0.779. The molecule has 0 amide bonds. The van der Waals surface area contributed by atoms with Crippen LogP contribution in [0, 0.1) is 0 Å². The van der Waals surface area contributed by atoms with Gasteiger partial charge in [-0.05, 0) is 142 Å². The van der Waals surface area contributed by atoms with Crippen LogP contribution in [-0.2, 0) is 24.8 Å². The Morgan fingerprint density at radius 3 is 1.70 bits per heavy atom. The monoisotopic (exact) mass is 723 g/mol. The lowest BCUT2D eigenvalue weighted by Gasteiger charge is -2.35. The summed E-state index contributed by atoms with van der Waals surface area (Å²) in [7, 11) is 0. The average Bonchev–Trinajstić information content (AvgIpc) is 4.00. The molecule has 4 aliphatic rings. The molecule has 0 bridgehead atoms. The van der Waals surface area contributed by atoms with Crippen LogP contribution in [0.2, 0.25) is 0 Å². The van der Waals surface area contributed by atoms with Gasteiger partial charge in [-0.1, -0.05) is 164 Å². The van der Waals surface area contributed by atoms with Crippen molar-refractivity contribution in [2.75, 3.05) is 4.90 Å². The zero-order valence-corrected chi connectivity index (χ0v) is 31.5. The first-order chi connectivity index (χ1) is 28.3. The van der Waals surface area contributed by atoms with E-state index in [2.05, 4.69) is 193 Å². The number of benzene rings is 9. The standard InChI is InChI=1S/C56H37N/c1-6-18-46-35(12-1)25-28-50-48-20-8-10-23-53(48)56(55(46)50)52-22-9-7-19-47(52)49-21-11-15-39(54(49)56)34-57(41-27-29-45-40(32-41)31-37-14-2-4-16-43(37)45)42-26-24-38-30-36-13-3-5-17-44(36)51(38)33-42/h1-29,32-33H,30-31,34H2. The van der Waals surface area contributed by atoms with Crippen LogP contribution in [0.25, 0.3) is 55.3 Å². The van der Waals surface area contributed by atoms with E-state index in [1.807, 2.05) is 0 Å². The Labute approximate surface area is 333 Å². The summed E-state index contributed by atoms with van der Waals surface area (Å²) in [5.74, 6) is 0. The maximum absolute atomic E-state index is 2.60. The first-order valence-corrected chi connectivity index (χ1v) is 20.3. The van der Waals surface area contributed by atoms with Gasteiger partial charge in [-0.25, -0.2) is 0 Å². The molecule has 13 rings (SSSR count). The normalized spacial score (nSPS) is 15.7. The molecule has 0 aliphatic heterocycles. The number of fused-ring (bicyclic) bond motifs is 18. The summed E-state index contributed by atoms with van der Waals surface area (Å²) in [6, 6.07) is 71.5. The third kappa shape index (κ3) is 4.18. The number of nitrogens with zero attached hydrogens (tertiary/aromatic N) is 1. The molecule has 57 heavy (non-hydrogen) atoms. The molecule has 4 aliphatic carbocycles. The summed E-state index contributed by atoms with van der Waals surface area (Å²) in [5, 5.41) is 2.61. The SMILES string of the molecule is c1ccc2c(c1)Cc1cc(N(Cc3cccc4c3C3(c5ccccc5-4)c4ccccc4-c4ccc5ccccc5c43)c3ccc4c(c3)-c3ccccc3C4)ccc1-2. The van der Waals surface area contributed by atoms with Crippen LogP contribution in [0.5, 0.6) is 0 Å². The van der Waals surface area contributed by atoms with Crippen molar-refractivity contribution in [3.63, 3.8) is 0 Å². The molecule has 0 fully saturated rings. The fourth-order valence-corrected chi connectivity index (χ4v) is 11.3. The zero-order chi connectivity index (χ0) is 37.2. The summed E-state index contributed by atoms with van der Waals surface area (Å²) in [4.78, 5) is 2.60. The van der Waals surface area contributed by atoms with Gasteiger partial charge < -0.3 is 4.90 Å². The maximum atomic E-state index is 2.60. The topological polar surface area (TPSA) is 3.24 Å². The Bertz CT molecular complexity index is 3170. The molecule has 0 saturated carbocycles. The largest absolute Gasteiger partial charge is 0.337 e. The molecule has 1 unspecified atom stereocenters. The summed E-state index contributed by atoms with van der Waals surface area (Å²) >= 11 is 0. The van der Waals surface area contributed by atoms with Crippen molar-refractivity contribution < 1.29 is 0 Å². The van der Waals surface area contributed by atoms with Gasteiger partial charge in [-0.2, -0.15) is 0 Å². The fourth-order valence-electron chi connectivity index (χ4n) is 11.3. The van der Waals surface area contributed by atoms with Crippen molar-refractivity contribution in [2.45, 2.75) is 24.8 Å². The lowest BCUT2D eigenvalue weighted by atomic mass is 9.68. The number of hydrogen-bond donors (Lipinski definition) is 0. The number of hydrogen-bond acceptors (Lipinski definition) is 1. The lowest BCUT2D eigenvalue weighted by Crippen LogP contribution is -2.29. The first kappa shape index (κ1) is 31.3. The summed E-state index contributed by atoms with van der Waals surface area (Å²) in [6.45, 7) is 0.730. The van der Waals surface area contributed by atoms with Crippen molar-refractivity contribution >= 4 is 22.1 Å². The Kier molecular flexibility index (Phi) is 6.33. The zero-order valence-electron chi connectivity index (χ0n) is 31.5. The van der Waals surface area contributed by atoms with E-state index in [0.29, 0.717) is 0 Å². The van der Waals surface area contributed by atoms with E-state index in [1.165, 1.54) is 117 Å². The Morgan fingerprint density at radius 1 is 0.368 bits per heavy atom. The van der Waals surface area contributed by atoms with Crippen molar-refractivity contribution in [3.8, 4) is 44.5 Å². The van der Waals surface area contributed by atoms with Crippen molar-refractivity contribution in [1.82, 2.24) is 0 Å². The smallest absolute Gasteiger partial charge is 0.0734 e. The molecule has 0 saturated heterocycles. The second-order valence-electron chi connectivity index (χ2n) is 16.3. The van der Waals surface area contributed by atoms with Gasteiger partial charge in [0.05, 0.1) is 5.41 Å². The third-order valence-electron chi connectivity index (χ3n) is 13.6. The highest BCUT2D eigenvalue weighted by molar-refractivity contribution is 6.04. The van der Waals surface area contributed by atoms with Crippen LogP contribution >= 0.6 is 0 Å². The highest BCUT2D eigenvalue weighted by Gasteiger charge is 2.53. The molecule has 0 heterocycles. The third-order valence-corrected chi connectivity index (χ3v) is 13.6. The average molecular weight is 724 g/mol. The minimum absolute atomic E-state index is 0.461. The van der Waals surface area contributed by atoms with Crippen LogP contribution in [0.4, 0.5) is 11.4 Å². The van der Waals surface area contributed by atoms with Gasteiger partial charge in [0.2, 0.25) is 0 Å². The highest BCUT2D eigenvalue weighted by atomic mass is 15.1. The summed E-state index contributed by atoms with van der Waals surface area (Å²) in [6.07, 6.45) is 1.95. The van der Waals surface area contributed by atoms with Gasteiger partial charge in [-0.15, -0.1) is 0 Å². The van der Waals surface area contributed by atoms with Gasteiger partial charge in [-0.3, -0.25) is 0 Å². The molecular weight excluding hydrogens is 687 g/mol. The predicted octanol–water partition coefficient (Wildman–Crippen LogP) is 13.7. The van der Waals surface area contributed by atoms with Crippen molar-refractivity contribution in [2.24, 2.45) is 0 Å². The van der Waals surface area contributed by atoms with Gasteiger partial charge in [0, 0.05) is 17.9 Å². The van der Waals surface area contributed by atoms with Crippen molar-refractivity contribution in [3.05, 3.63) is 238 Å². The summed E-state index contributed by atoms with van der Waals surface area (Å²) in [5.41, 5.74) is 25.4. The van der Waals surface area contributed by atoms with Crippen LogP contribution in [0.1, 0.15) is 50.1 Å². The van der Waals surface area contributed by atoms with Crippen molar-refractivity contribution in [1.29, 1.82) is 0 Å². The molecule has 1 nitrogen and oxygen atoms in total. The predicted molar refractivity (Wildman–Crippen MR) is 235 cm³/mol. The molecule has 0 radical (unpaired) electrons. The highest BCUT2D eigenvalue weighted by Crippen LogP contribution is 2.65. The van der Waals surface area contributed by atoms with E-state index in [9.17, 15) is 0 Å². The second-order valence-corrected chi connectivity index (χ2v) is 16.3. The molecule has 1 atom stereocenters. The molecule has 9 aromatic carbocycles. The quantitative estimate of drug-likeness (QED) is 0.175. The van der Waals surface area contributed by atoms with E-state index in [0.717, 1.165) is 19.4 Å². The van der Waals surface area contributed by atoms with E-state index < -0.39 is 5.41 Å². The molecule has 9 aromatic rings.